The quantitative estimate of drug-likeness (QED) is 0.715. The zero-order chi connectivity index (χ0) is 18.1. The molecule has 3 aromatic rings. The van der Waals surface area contributed by atoms with E-state index in [1.165, 1.54) is 7.11 Å². The largest absolute Gasteiger partial charge is 0.493 e. The molecule has 0 saturated heterocycles. The molecule has 0 atom stereocenters. The van der Waals surface area contributed by atoms with Crippen molar-refractivity contribution in [2.24, 2.45) is 0 Å². The molecule has 25 heavy (non-hydrogen) atoms. The molecular formula is C20H20O5. The monoisotopic (exact) mass is 340 g/mol. The fourth-order valence-corrected chi connectivity index (χ4v) is 2.79. The van der Waals surface area contributed by atoms with E-state index >= 15 is 0 Å². The second-order valence-corrected chi connectivity index (χ2v) is 5.80. The summed E-state index contributed by atoms with van der Waals surface area (Å²) in [4.78, 5) is 12.9. The molecule has 5 nitrogen and oxygen atoms in total. The van der Waals surface area contributed by atoms with E-state index in [9.17, 15) is 4.79 Å². The smallest absolute Gasteiger partial charge is 0.235 e. The van der Waals surface area contributed by atoms with Gasteiger partial charge in [0.15, 0.2) is 17.3 Å². The molecule has 0 spiro atoms. The number of benzene rings is 2. The van der Waals surface area contributed by atoms with E-state index in [0.29, 0.717) is 33.8 Å². The predicted molar refractivity (Wildman–Crippen MR) is 97.1 cm³/mol. The molecule has 0 fully saturated rings. The van der Waals surface area contributed by atoms with Crippen molar-refractivity contribution in [2.45, 2.75) is 13.8 Å². The van der Waals surface area contributed by atoms with Crippen molar-refractivity contribution in [1.82, 2.24) is 0 Å². The highest BCUT2D eigenvalue weighted by molar-refractivity contribution is 5.83. The van der Waals surface area contributed by atoms with Crippen molar-refractivity contribution in [3.63, 3.8) is 0 Å². The van der Waals surface area contributed by atoms with Crippen LogP contribution in [0.15, 0.2) is 39.5 Å². The van der Waals surface area contributed by atoms with Gasteiger partial charge in [0.2, 0.25) is 11.2 Å². The number of hydrogen-bond acceptors (Lipinski definition) is 5. The summed E-state index contributed by atoms with van der Waals surface area (Å²) in [7, 11) is 4.59. The van der Waals surface area contributed by atoms with E-state index in [2.05, 4.69) is 0 Å². The summed E-state index contributed by atoms with van der Waals surface area (Å²) in [6.45, 7) is 3.94. The minimum Gasteiger partial charge on any atom is -0.493 e. The fourth-order valence-electron chi connectivity index (χ4n) is 2.79. The summed E-state index contributed by atoms with van der Waals surface area (Å²) in [5, 5.41) is 0.504. The summed E-state index contributed by atoms with van der Waals surface area (Å²) in [6, 6.07) is 9.02. The topological polar surface area (TPSA) is 57.9 Å². The first-order valence-corrected chi connectivity index (χ1v) is 7.84. The summed E-state index contributed by atoms with van der Waals surface area (Å²) >= 11 is 0. The lowest BCUT2D eigenvalue weighted by atomic mass is 10.0. The summed E-state index contributed by atoms with van der Waals surface area (Å²) in [5.74, 6) is 1.68. The van der Waals surface area contributed by atoms with Crippen molar-refractivity contribution in [1.29, 1.82) is 0 Å². The molecule has 1 heterocycles. The van der Waals surface area contributed by atoms with Crippen molar-refractivity contribution in [2.75, 3.05) is 21.3 Å². The Bertz CT molecular complexity index is 1000. The Balaban J connectivity index is 2.32. The third kappa shape index (κ3) is 2.82. The molecule has 3 rings (SSSR count). The van der Waals surface area contributed by atoms with E-state index in [1.54, 1.807) is 32.4 Å². The van der Waals surface area contributed by atoms with Crippen molar-refractivity contribution >= 4 is 11.0 Å². The average molecular weight is 340 g/mol. The molecule has 130 valence electrons. The SMILES string of the molecule is COc1ccc(-c2oc3cc(C)c(C)cc3c(=O)c2OC)cc1OC. The van der Waals surface area contributed by atoms with Gasteiger partial charge in [0.05, 0.1) is 26.7 Å². The Morgan fingerprint density at radius 3 is 2.16 bits per heavy atom. The lowest BCUT2D eigenvalue weighted by molar-refractivity contribution is 0.355. The van der Waals surface area contributed by atoms with Crippen LogP contribution in [0, 0.1) is 13.8 Å². The first-order chi connectivity index (χ1) is 12.0. The summed E-state index contributed by atoms with van der Waals surface area (Å²) in [6.07, 6.45) is 0. The van der Waals surface area contributed by atoms with Crippen molar-refractivity contribution in [3.8, 4) is 28.6 Å². The van der Waals surface area contributed by atoms with Crippen LogP contribution in [0.25, 0.3) is 22.3 Å². The predicted octanol–water partition coefficient (Wildman–Crippen LogP) is 4.10. The van der Waals surface area contributed by atoms with Gasteiger partial charge in [-0.1, -0.05) is 0 Å². The van der Waals surface area contributed by atoms with Gasteiger partial charge in [-0.15, -0.1) is 0 Å². The molecule has 5 heteroatoms. The van der Waals surface area contributed by atoms with Gasteiger partial charge in [-0.3, -0.25) is 4.79 Å². The number of aryl methyl sites for hydroxylation is 2. The highest BCUT2D eigenvalue weighted by Gasteiger charge is 2.19. The zero-order valence-corrected chi connectivity index (χ0v) is 14.9. The number of hydrogen-bond donors (Lipinski definition) is 0. The molecular weight excluding hydrogens is 320 g/mol. The van der Waals surface area contributed by atoms with E-state index in [4.69, 9.17) is 18.6 Å². The fraction of sp³-hybridized carbons (Fsp3) is 0.250. The van der Waals surface area contributed by atoms with E-state index in [1.807, 2.05) is 26.0 Å². The normalized spacial score (nSPS) is 10.8. The molecule has 0 amide bonds. The van der Waals surface area contributed by atoms with E-state index < -0.39 is 0 Å². The molecule has 0 aliphatic rings. The van der Waals surface area contributed by atoms with Crippen LogP contribution < -0.4 is 19.6 Å². The van der Waals surface area contributed by atoms with Gasteiger partial charge in [-0.25, -0.2) is 0 Å². The van der Waals surface area contributed by atoms with Gasteiger partial charge < -0.3 is 18.6 Å². The lowest BCUT2D eigenvalue weighted by Gasteiger charge is -2.12. The maximum Gasteiger partial charge on any atom is 0.235 e. The van der Waals surface area contributed by atoms with Crippen LogP contribution >= 0.6 is 0 Å². The number of ether oxygens (including phenoxy) is 3. The van der Waals surface area contributed by atoms with Gasteiger partial charge in [-0.2, -0.15) is 0 Å². The number of methoxy groups -OCH3 is 3. The van der Waals surface area contributed by atoms with Crippen LogP contribution in [0.4, 0.5) is 0 Å². The molecule has 1 aromatic heterocycles. The molecule has 0 N–H and O–H groups in total. The highest BCUT2D eigenvalue weighted by atomic mass is 16.5. The standard InChI is InChI=1S/C20H20O5/c1-11-8-14-16(9-12(11)2)25-19(20(24-5)18(14)21)13-6-7-15(22-3)17(10-13)23-4/h6-10H,1-5H3. The van der Waals surface area contributed by atoms with Gasteiger partial charge in [0, 0.05) is 5.56 Å². The molecule has 0 aliphatic heterocycles. The summed E-state index contributed by atoms with van der Waals surface area (Å²) < 4.78 is 22.0. The Kier molecular flexibility index (Phi) is 4.40. The highest BCUT2D eigenvalue weighted by Crippen LogP contribution is 2.36. The van der Waals surface area contributed by atoms with Crippen LogP contribution in [-0.2, 0) is 0 Å². The van der Waals surface area contributed by atoms with Gasteiger partial charge in [0.25, 0.3) is 0 Å². The van der Waals surface area contributed by atoms with Gasteiger partial charge in [0.1, 0.15) is 5.58 Å². The maximum atomic E-state index is 12.9. The van der Waals surface area contributed by atoms with Crippen LogP contribution in [-0.4, -0.2) is 21.3 Å². The van der Waals surface area contributed by atoms with Crippen LogP contribution in [0.1, 0.15) is 11.1 Å². The Morgan fingerprint density at radius 1 is 0.840 bits per heavy atom. The zero-order valence-electron chi connectivity index (χ0n) is 14.9. The van der Waals surface area contributed by atoms with E-state index in [-0.39, 0.29) is 11.2 Å². The summed E-state index contributed by atoms with van der Waals surface area (Å²) in [5.41, 5.74) is 3.09. The lowest BCUT2D eigenvalue weighted by Crippen LogP contribution is -2.08. The third-order valence-electron chi connectivity index (χ3n) is 4.31. The Labute approximate surface area is 145 Å². The minimum atomic E-state index is -0.198. The molecule has 0 bridgehead atoms. The van der Waals surface area contributed by atoms with Crippen molar-refractivity contribution < 1.29 is 18.6 Å². The second kappa shape index (κ2) is 6.51. The van der Waals surface area contributed by atoms with Crippen LogP contribution in [0.2, 0.25) is 0 Å². The Hall–Kier alpha value is -2.95. The number of rotatable bonds is 4. The molecule has 0 saturated carbocycles. The second-order valence-electron chi connectivity index (χ2n) is 5.80. The first kappa shape index (κ1) is 16.9. The van der Waals surface area contributed by atoms with Crippen molar-refractivity contribution in [3.05, 3.63) is 51.7 Å². The number of fused-ring (bicyclic) bond motifs is 1. The molecule has 0 aliphatic carbocycles. The Morgan fingerprint density at radius 2 is 1.52 bits per heavy atom. The molecule has 0 unspecified atom stereocenters. The van der Waals surface area contributed by atoms with E-state index in [0.717, 1.165) is 11.1 Å². The van der Waals surface area contributed by atoms with Crippen LogP contribution in [0.3, 0.4) is 0 Å². The average Bonchev–Trinajstić information content (AvgIpc) is 2.62. The molecule has 0 radical (unpaired) electrons. The van der Waals surface area contributed by atoms with Gasteiger partial charge in [-0.05, 0) is 55.3 Å². The minimum absolute atomic E-state index is 0.169. The first-order valence-electron chi connectivity index (χ1n) is 7.84. The van der Waals surface area contributed by atoms with Crippen LogP contribution in [0.5, 0.6) is 17.2 Å². The third-order valence-corrected chi connectivity index (χ3v) is 4.31. The molecule has 2 aromatic carbocycles. The van der Waals surface area contributed by atoms with Gasteiger partial charge >= 0.3 is 0 Å². The maximum absolute atomic E-state index is 12.9.